The van der Waals surface area contributed by atoms with Crippen LogP contribution in [0, 0.1) is 0 Å². The minimum atomic E-state index is -0.153. The number of hydrogen-bond acceptors (Lipinski definition) is 7. The highest BCUT2D eigenvalue weighted by Crippen LogP contribution is 2.45. The van der Waals surface area contributed by atoms with E-state index >= 15 is 0 Å². The summed E-state index contributed by atoms with van der Waals surface area (Å²) in [5.74, 6) is 2.54. The molecule has 27 heavy (non-hydrogen) atoms. The van der Waals surface area contributed by atoms with Gasteiger partial charge in [0.25, 0.3) is 0 Å². The molecule has 1 unspecified atom stereocenters. The molecule has 0 N–H and O–H groups in total. The number of thioether (sulfide) groups is 1. The van der Waals surface area contributed by atoms with Crippen LogP contribution in [0.15, 0.2) is 36.4 Å². The maximum absolute atomic E-state index is 12.6. The fourth-order valence-electron chi connectivity index (χ4n) is 3.01. The van der Waals surface area contributed by atoms with Crippen molar-refractivity contribution >= 4 is 44.4 Å². The van der Waals surface area contributed by atoms with Crippen LogP contribution in [-0.4, -0.2) is 38.0 Å². The van der Waals surface area contributed by atoms with Gasteiger partial charge < -0.3 is 14.2 Å². The van der Waals surface area contributed by atoms with Gasteiger partial charge in [-0.1, -0.05) is 17.4 Å². The van der Waals surface area contributed by atoms with Crippen LogP contribution in [-0.2, 0) is 4.79 Å². The lowest BCUT2D eigenvalue weighted by atomic mass is 10.2. The van der Waals surface area contributed by atoms with Crippen LogP contribution >= 0.6 is 23.1 Å². The summed E-state index contributed by atoms with van der Waals surface area (Å²) in [5.41, 5.74) is 1.83. The van der Waals surface area contributed by atoms with Crippen LogP contribution in [0.1, 0.15) is 10.9 Å². The fourth-order valence-corrected chi connectivity index (χ4v) is 5.26. The molecule has 1 aliphatic rings. The Morgan fingerprint density at radius 1 is 1.04 bits per heavy atom. The number of carbonyl (C=O) groups excluding carboxylic acids is 1. The molecule has 2 aromatic carbocycles. The second-order valence-electron chi connectivity index (χ2n) is 5.87. The van der Waals surface area contributed by atoms with Gasteiger partial charge in [-0.3, -0.25) is 9.69 Å². The Bertz CT molecular complexity index is 1000. The molecule has 140 valence electrons. The van der Waals surface area contributed by atoms with Gasteiger partial charge >= 0.3 is 0 Å². The molecule has 1 saturated heterocycles. The van der Waals surface area contributed by atoms with Crippen molar-refractivity contribution in [2.75, 3.05) is 32.0 Å². The monoisotopic (exact) mass is 402 g/mol. The van der Waals surface area contributed by atoms with E-state index in [-0.39, 0.29) is 11.3 Å². The zero-order valence-electron chi connectivity index (χ0n) is 15.1. The van der Waals surface area contributed by atoms with Gasteiger partial charge in [0, 0.05) is 0 Å². The van der Waals surface area contributed by atoms with Gasteiger partial charge in [0.15, 0.2) is 16.6 Å². The van der Waals surface area contributed by atoms with Crippen LogP contribution in [0.5, 0.6) is 17.2 Å². The summed E-state index contributed by atoms with van der Waals surface area (Å²) in [6, 6.07) is 11.5. The normalized spacial score (nSPS) is 16.8. The van der Waals surface area contributed by atoms with E-state index < -0.39 is 0 Å². The lowest BCUT2D eigenvalue weighted by molar-refractivity contribution is -0.115. The average molecular weight is 402 g/mol. The summed E-state index contributed by atoms with van der Waals surface area (Å²) in [7, 11) is 4.84. The number of nitrogens with zero attached hydrogens (tertiary/aromatic N) is 2. The molecule has 0 saturated carbocycles. The summed E-state index contributed by atoms with van der Waals surface area (Å²) in [6.45, 7) is 0. The highest BCUT2D eigenvalue weighted by Gasteiger charge is 2.36. The SMILES string of the molecule is COc1ccc2nc(N3C(=O)CSC3c3ccc(OC)c(OC)c3)sc2c1. The molecule has 2 heterocycles. The summed E-state index contributed by atoms with van der Waals surface area (Å²) in [6.07, 6.45) is 0. The Balaban J connectivity index is 1.73. The van der Waals surface area contributed by atoms with Crippen molar-refractivity contribution < 1.29 is 19.0 Å². The summed E-state index contributed by atoms with van der Waals surface area (Å²) in [5, 5.41) is 0.535. The molecule has 4 rings (SSSR count). The third-order valence-electron chi connectivity index (χ3n) is 4.35. The minimum Gasteiger partial charge on any atom is -0.497 e. The second-order valence-corrected chi connectivity index (χ2v) is 7.95. The number of benzene rings is 2. The van der Waals surface area contributed by atoms with E-state index in [2.05, 4.69) is 4.98 Å². The number of ether oxygens (including phenoxy) is 3. The molecule has 3 aromatic rings. The van der Waals surface area contributed by atoms with Crippen LogP contribution in [0.4, 0.5) is 5.13 Å². The van der Waals surface area contributed by atoms with Crippen molar-refractivity contribution in [1.29, 1.82) is 0 Å². The molecule has 8 heteroatoms. The summed E-state index contributed by atoms with van der Waals surface area (Å²) >= 11 is 3.07. The number of amides is 1. The second kappa shape index (κ2) is 7.28. The van der Waals surface area contributed by atoms with Crippen molar-refractivity contribution in [3.05, 3.63) is 42.0 Å². The maximum Gasteiger partial charge on any atom is 0.240 e. The maximum atomic E-state index is 12.6. The zero-order valence-corrected chi connectivity index (χ0v) is 16.7. The predicted molar refractivity (Wildman–Crippen MR) is 108 cm³/mol. The lowest BCUT2D eigenvalue weighted by Gasteiger charge is -2.22. The number of hydrogen-bond donors (Lipinski definition) is 0. The van der Waals surface area contributed by atoms with Gasteiger partial charge in [-0.15, -0.1) is 11.8 Å². The predicted octanol–water partition coefficient (Wildman–Crippen LogP) is 4.10. The minimum absolute atomic E-state index is 0.0470. The number of methoxy groups -OCH3 is 3. The van der Waals surface area contributed by atoms with Crippen LogP contribution in [0.3, 0.4) is 0 Å². The lowest BCUT2D eigenvalue weighted by Crippen LogP contribution is -2.27. The van der Waals surface area contributed by atoms with E-state index in [9.17, 15) is 4.79 Å². The molecule has 0 aliphatic carbocycles. The van der Waals surface area contributed by atoms with Crippen LogP contribution in [0.2, 0.25) is 0 Å². The number of aromatic nitrogens is 1. The topological polar surface area (TPSA) is 60.9 Å². The number of rotatable bonds is 5. The molecule has 0 spiro atoms. The highest BCUT2D eigenvalue weighted by atomic mass is 32.2. The Morgan fingerprint density at radius 3 is 2.59 bits per heavy atom. The van der Waals surface area contributed by atoms with Crippen molar-refractivity contribution in [2.45, 2.75) is 5.37 Å². The molecule has 0 bridgehead atoms. The first-order chi connectivity index (χ1) is 13.1. The van der Waals surface area contributed by atoms with E-state index in [4.69, 9.17) is 14.2 Å². The third kappa shape index (κ3) is 3.19. The molecule has 1 amide bonds. The van der Waals surface area contributed by atoms with Gasteiger partial charge in [0.2, 0.25) is 5.91 Å². The fraction of sp³-hybridized carbons (Fsp3) is 0.263. The Morgan fingerprint density at radius 2 is 1.85 bits per heavy atom. The molecule has 1 aromatic heterocycles. The molecular formula is C19H18N2O4S2. The van der Waals surface area contributed by atoms with E-state index in [1.165, 1.54) is 11.3 Å². The molecule has 1 atom stereocenters. The molecule has 6 nitrogen and oxygen atoms in total. The van der Waals surface area contributed by atoms with Crippen molar-refractivity contribution in [1.82, 2.24) is 4.98 Å². The van der Waals surface area contributed by atoms with Gasteiger partial charge in [0.1, 0.15) is 11.1 Å². The quantitative estimate of drug-likeness (QED) is 0.640. The number of carbonyl (C=O) groups is 1. The van der Waals surface area contributed by atoms with Crippen LogP contribution in [0.25, 0.3) is 10.2 Å². The van der Waals surface area contributed by atoms with E-state index in [1.807, 2.05) is 36.4 Å². The number of thiazole rings is 1. The smallest absolute Gasteiger partial charge is 0.240 e. The summed E-state index contributed by atoms with van der Waals surface area (Å²) < 4.78 is 17.0. The zero-order chi connectivity index (χ0) is 19.0. The molecular weight excluding hydrogens is 384 g/mol. The molecule has 0 radical (unpaired) electrons. The standard InChI is InChI=1S/C19H18N2O4S2/c1-23-12-5-6-13-16(9-12)27-19(20-13)21-17(22)10-26-18(21)11-4-7-14(24-2)15(8-11)25-3/h4-9,18H,10H2,1-3H3. The van der Waals surface area contributed by atoms with Gasteiger partial charge in [-0.05, 0) is 35.9 Å². The highest BCUT2D eigenvalue weighted by molar-refractivity contribution is 8.00. The first kappa shape index (κ1) is 17.9. The third-order valence-corrected chi connectivity index (χ3v) is 6.58. The van der Waals surface area contributed by atoms with Crippen molar-refractivity contribution in [2.24, 2.45) is 0 Å². The van der Waals surface area contributed by atoms with E-state index in [1.54, 1.807) is 38.0 Å². The molecule has 1 aliphatic heterocycles. The van der Waals surface area contributed by atoms with Gasteiger partial charge in [0.05, 0.1) is 37.3 Å². The van der Waals surface area contributed by atoms with Crippen molar-refractivity contribution in [3.8, 4) is 17.2 Å². The average Bonchev–Trinajstić information content (AvgIpc) is 3.29. The summed E-state index contributed by atoms with van der Waals surface area (Å²) in [4.78, 5) is 19.1. The Hall–Kier alpha value is -2.45. The van der Waals surface area contributed by atoms with Gasteiger partial charge in [-0.2, -0.15) is 0 Å². The number of anilines is 1. The molecule has 1 fully saturated rings. The first-order valence-electron chi connectivity index (χ1n) is 8.24. The van der Waals surface area contributed by atoms with Crippen LogP contribution < -0.4 is 19.1 Å². The van der Waals surface area contributed by atoms with E-state index in [0.29, 0.717) is 22.4 Å². The Labute approximate surface area is 165 Å². The number of fused-ring (bicyclic) bond motifs is 1. The largest absolute Gasteiger partial charge is 0.497 e. The Kier molecular flexibility index (Phi) is 4.84. The van der Waals surface area contributed by atoms with Crippen molar-refractivity contribution in [3.63, 3.8) is 0 Å². The van der Waals surface area contributed by atoms with Gasteiger partial charge in [-0.25, -0.2) is 4.98 Å². The first-order valence-corrected chi connectivity index (χ1v) is 10.1. The van der Waals surface area contributed by atoms with E-state index in [0.717, 1.165) is 21.5 Å².